The molecule has 2 N–H and O–H groups in total. The number of hydrogen-bond acceptors (Lipinski definition) is 6. The van der Waals surface area contributed by atoms with Gasteiger partial charge in [-0.2, -0.15) is 13.2 Å². The molecule has 33 heavy (non-hydrogen) atoms. The summed E-state index contributed by atoms with van der Waals surface area (Å²) < 4.78 is 48.0. The van der Waals surface area contributed by atoms with Gasteiger partial charge in [0.05, 0.1) is 16.8 Å². The van der Waals surface area contributed by atoms with Crippen LogP contribution in [-0.4, -0.2) is 29.4 Å². The van der Waals surface area contributed by atoms with Crippen molar-refractivity contribution in [2.75, 3.05) is 11.9 Å². The molecule has 8 nitrogen and oxygen atoms in total. The highest BCUT2D eigenvalue weighted by Crippen LogP contribution is 2.32. The molecule has 0 bridgehead atoms. The maximum absolute atomic E-state index is 12.7. The van der Waals surface area contributed by atoms with E-state index in [0.29, 0.717) is 17.8 Å². The van der Waals surface area contributed by atoms with Gasteiger partial charge in [0, 0.05) is 6.20 Å². The summed E-state index contributed by atoms with van der Waals surface area (Å²) >= 11 is 5.74. The highest BCUT2D eigenvalue weighted by molar-refractivity contribution is 6.33. The van der Waals surface area contributed by atoms with E-state index in [2.05, 4.69) is 15.6 Å². The normalized spacial score (nSPS) is 12.0. The first-order valence-electron chi connectivity index (χ1n) is 9.23. The van der Waals surface area contributed by atoms with Gasteiger partial charge >= 0.3 is 12.1 Å². The van der Waals surface area contributed by atoms with Gasteiger partial charge in [-0.15, -0.1) is 0 Å². The highest BCUT2D eigenvalue weighted by Gasteiger charge is 2.32. The van der Waals surface area contributed by atoms with Gasteiger partial charge in [0.15, 0.2) is 24.2 Å². The van der Waals surface area contributed by atoms with Crippen molar-refractivity contribution in [2.24, 2.45) is 0 Å². The van der Waals surface area contributed by atoms with E-state index < -0.39 is 47.2 Å². The zero-order chi connectivity index (χ0) is 24.0. The monoisotopic (exact) mass is 481 g/mol. The number of nitrogens with one attached hydrogen (secondary N) is 2. The van der Waals surface area contributed by atoms with E-state index in [-0.39, 0.29) is 11.6 Å². The number of halogens is 4. The largest absolute Gasteiger partial charge is 0.459 e. The molecule has 0 aliphatic rings. The van der Waals surface area contributed by atoms with Crippen molar-refractivity contribution in [1.82, 2.24) is 10.3 Å². The van der Waals surface area contributed by atoms with Gasteiger partial charge in [-0.25, -0.2) is 9.78 Å². The summed E-state index contributed by atoms with van der Waals surface area (Å²) in [5.74, 6) is -2.92. The van der Waals surface area contributed by atoms with Crippen molar-refractivity contribution >= 4 is 35.2 Å². The summed E-state index contributed by atoms with van der Waals surface area (Å²) in [6.07, 6.45) is -2.86. The molecule has 3 rings (SSSR count). The first-order valence-corrected chi connectivity index (χ1v) is 9.61. The molecule has 1 unspecified atom stereocenters. The Hall–Kier alpha value is -3.86. The standard InChI is InChI=1S/C21H15ClF3N3O5/c22-14-9-13(21(23,24)25)10-26-18(14)27-16(29)11-33-20(31)17(12-5-2-1-3-6-12)28-19(30)15-7-4-8-32-15/h1-10,17H,11H2,(H,28,30)(H,26,27,29). The maximum atomic E-state index is 12.7. The highest BCUT2D eigenvalue weighted by atomic mass is 35.5. The fraction of sp³-hybridized carbons (Fsp3) is 0.143. The molecule has 0 saturated carbocycles. The molecule has 2 heterocycles. The van der Waals surface area contributed by atoms with Gasteiger partial charge < -0.3 is 19.8 Å². The average Bonchev–Trinajstić information content (AvgIpc) is 3.32. The molecule has 2 amide bonds. The van der Waals surface area contributed by atoms with Crippen LogP contribution >= 0.6 is 11.6 Å². The number of aromatic nitrogens is 1. The molecule has 0 aliphatic carbocycles. The minimum absolute atomic E-state index is 0.0375. The molecule has 2 aromatic heterocycles. The second kappa shape index (κ2) is 10.2. The second-order valence-corrected chi connectivity index (χ2v) is 6.91. The molecule has 0 radical (unpaired) electrons. The quantitative estimate of drug-likeness (QED) is 0.493. The molecule has 0 saturated heterocycles. The number of amides is 2. The predicted molar refractivity (Wildman–Crippen MR) is 109 cm³/mol. The summed E-state index contributed by atoms with van der Waals surface area (Å²) in [5, 5.41) is 4.17. The first-order chi connectivity index (χ1) is 15.6. The fourth-order valence-corrected chi connectivity index (χ4v) is 2.82. The molecule has 1 aromatic carbocycles. The third-order valence-corrected chi connectivity index (χ3v) is 4.45. The smallest absolute Gasteiger partial charge is 0.417 e. The van der Waals surface area contributed by atoms with Crippen molar-refractivity contribution in [1.29, 1.82) is 0 Å². The van der Waals surface area contributed by atoms with Crippen LogP contribution in [0.5, 0.6) is 0 Å². The Kier molecular flexibility index (Phi) is 7.34. The second-order valence-electron chi connectivity index (χ2n) is 6.50. The Morgan fingerprint density at radius 2 is 1.85 bits per heavy atom. The summed E-state index contributed by atoms with van der Waals surface area (Å²) in [5.41, 5.74) is -0.704. The minimum atomic E-state index is -4.65. The minimum Gasteiger partial charge on any atom is -0.459 e. The molecule has 3 aromatic rings. The van der Waals surface area contributed by atoms with Gasteiger partial charge in [-0.05, 0) is 23.8 Å². The number of ether oxygens (including phenoxy) is 1. The van der Waals surface area contributed by atoms with E-state index in [1.165, 1.54) is 18.4 Å². The van der Waals surface area contributed by atoms with Crippen LogP contribution in [0, 0.1) is 0 Å². The van der Waals surface area contributed by atoms with Crippen LogP contribution in [0.15, 0.2) is 65.4 Å². The Morgan fingerprint density at radius 1 is 1.12 bits per heavy atom. The number of carbonyl (C=O) groups is 3. The summed E-state index contributed by atoms with van der Waals surface area (Å²) in [6.45, 7) is -0.808. The van der Waals surface area contributed by atoms with Crippen molar-refractivity contribution in [3.63, 3.8) is 0 Å². The average molecular weight is 482 g/mol. The fourth-order valence-electron chi connectivity index (χ4n) is 2.61. The lowest BCUT2D eigenvalue weighted by molar-refractivity contribution is -0.149. The van der Waals surface area contributed by atoms with Gasteiger partial charge in [0.2, 0.25) is 0 Å². The molecule has 0 fully saturated rings. The number of carbonyl (C=O) groups excluding carboxylic acids is 3. The summed E-state index contributed by atoms with van der Waals surface area (Å²) in [7, 11) is 0. The summed E-state index contributed by atoms with van der Waals surface area (Å²) in [6, 6.07) is 10.4. The number of furan rings is 1. The van der Waals surface area contributed by atoms with Crippen molar-refractivity contribution in [3.8, 4) is 0 Å². The zero-order valence-corrected chi connectivity index (χ0v) is 17.3. The van der Waals surface area contributed by atoms with E-state index in [1.54, 1.807) is 30.3 Å². The van der Waals surface area contributed by atoms with E-state index in [0.717, 1.165) is 0 Å². The number of anilines is 1. The van der Waals surface area contributed by atoms with E-state index in [1.807, 2.05) is 0 Å². The van der Waals surface area contributed by atoms with Crippen molar-refractivity contribution in [2.45, 2.75) is 12.2 Å². The number of rotatable bonds is 7. The van der Waals surface area contributed by atoms with Crippen LogP contribution in [-0.2, 0) is 20.5 Å². The maximum Gasteiger partial charge on any atom is 0.417 e. The van der Waals surface area contributed by atoms with Crippen LogP contribution in [0.3, 0.4) is 0 Å². The van der Waals surface area contributed by atoms with Crippen LogP contribution in [0.2, 0.25) is 5.02 Å². The lowest BCUT2D eigenvalue weighted by atomic mass is 10.1. The van der Waals surface area contributed by atoms with E-state index in [9.17, 15) is 27.6 Å². The number of benzene rings is 1. The Labute approximate surface area is 189 Å². The zero-order valence-electron chi connectivity index (χ0n) is 16.6. The molecule has 0 spiro atoms. The molecule has 12 heteroatoms. The Bertz CT molecular complexity index is 1140. The molecular weight excluding hydrogens is 467 g/mol. The molecular formula is C21H15ClF3N3O5. The third kappa shape index (κ3) is 6.32. The number of alkyl halides is 3. The molecule has 172 valence electrons. The van der Waals surface area contributed by atoms with Crippen molar-refractivity contribution < 1.29 is 36.7 Å². The molecule has 0 aliphatic heterocycles. The van der Waals surface area contributed by atoms with E-state index in [4.69, 9.17) is 20.8 Å². The van der Waals surface area contributed by atoms with E-state index >= 15 is 0 Å². The lowest BCUT2D eigenvalue weighted by Crippen LogP contribution is -2.36. The third-order valence-electron chi connectivity index (χ3n) is 4.16. The van der Waals surface area contributed by atoms with Crippen LogP contribution in [0.4, 0.5) is 19.0 Å². The van der Waals surface area contributed by atoms with Crippen LogP contribution < -0.4 is 10.6 Å². The predicted octanol–water partition coefficient (Wildman–Crippen LogP) is 4.00. The van der Waals surface area contributed by atoms with Crippen LogP contribution in [0.25, 0.3) is 0 Å². The first kappa shape index (κ1) is 23.8. The van der Waals surface area contributed by atoms with Gasteiger partial charge in [-0.3, -0.25) is 9.59 Å². The lowest BCUT2D eigenvalue weighted by Gasteiger charge is -2.17. The number of pyridine rings is 1. The summed E-state index contributed by atoms with van der Waals surface area (Å²) in [4.78, 5) is 40.5. The Morgan fingerprint density at radius 3 is 2.45 bits per heavy atom. The number of hydrogen-bond donors (Lipinski definition) is 2. The van der Waals surface area contributed by atoms with Gasteiger partial charge in [-0.1, -0.05) is 41.9 Å². The van der Waals surface area contributed by atoms with Gasteiger partial charge in [0.25, 0.3) is 11.8 Å². The number of nitrogens with zero attached hydrogens (tertiary/aromatic N) is 1. The molecule has 1 atom stereocenters. The van der Waals surface area contributed by atoms with Gasteiger partial charge in [0.1, 0.15) is 0 Å². The number of esters is 1. The van der Waals surface area contributed by atoms with Crippen LogP contribution in [0.1, 0.15) is 27.7 Å². The Balaban J connectivity index is 1.65. The van der Waals surface area contributed by atoms with Crippen molar-refractivity contribution in [3.05, 3.63) is 82.9 Å². The SMILES string of the molecule is O=C(COC(=O)C(NC(=O)c1ccco1)c1ccccc1)Nc1ncc(C(F)(F)F)cc1Cl. The topological polar surface area (TPSA) is 111 Å².